The number of rotatable bonds is 2. The lowest BCUT2D eigenvalue weighted by Gasteiger charge is -2.12. The van der Waals surface area contributed by atoms with E-state index in [9.17, 15) is 0 Å². The standard InChI is InChI=1S/C9H12N2/c1-9(2,7-10)5-8-3-4-11-6-8/h3-4,6,11H,5H2,1-2H3. The first kappa shape index (κ1) is 7.87. The number of hydrogen-bond acceptors (Lipinski definition) is 1. The molecule has 11 heavy (non-hydrogen) atoms. The first-order chi connectivity index (χ1) is 5.14. The third-order valence-corrected chi connectivity index (χ3v) is 1.61. The zero-order chi connectivity index (χ0) is 8.32. The summed E-state index contributed by atoms with van der Waals surface area (Å²) in [4.78, 5) is 2.97. The van der Waals surface area contributed by atoms with Crippen molar-refractivity contribution in [3.63, 3.8) is 0 Å². The molecule has 1 aromatic heterocycles. The highest BCUT2D eigenvalue weighted by Crippen LogP contribution is 2.19. The van der Waals surface area contributed by atoms with E-state index in [1.54, 1.807) is 0 Å². The number of nitrogens with one attached hydrogen (secondary N) is 1. The zero-order valence-corrected chi connectivity index (χ0v) is 6.89. The molecule has 1 aromatic rings. The van der Waals surface area contributed by atoms with Gasteiger partial charge in [-0.05, 0) is 31.9 Å². The van der Waals surface area contributed by atoms with Gasteiger partial charge in [0.2, 0.25) is 0 Å². The number of aromatic amines is 1. The first-order valence-corrected chi connectivity index (χ1v) is 3.67. The molecule has 0 fully saturated rings. The van der Waals surface area contributed by atoms with E-state index in [4.69, 9.17) is 5.26 Å². The lowest BCUT2D eigenvalue weighted by molar-refractivity contribution is 0.494. The Bertz CT molecular complexity index is 252. The van der Waals surface area contributed by atoms with Crippen LogP contribution >= 0.6 is 0 Å². The Balaban J connectivity index is 2.65. The molecule has 0 aliphatic rings. The molecule has 1 rings (SSSR count). The molecule has 1 N–H and O–H groups in total. The molecule has 2 nitrogen and oxygen atoms in total. The molecule has 2 heteroatoms. The maximum Gasteiger partial charge on any atom is 0.0687 e. The fourth-order valence-corrected chi connectivity index (χ4v) is 1.02. The maximum absolute atomic E-state index is 8.73. The van der Waals surface area contributed by atoms with Crippen LogP contribution in [0.25, 0.3) is 0 Å². The Labute approximate surface area is 66.9 Å². The predicted octanol–water partition coefficient (Wildman–Crippen LogP) is 2.11. The van der Waals surface area contributed by atoms with Crippen LogP contribution in [-0.4, -0.2) is 4.98 Å². The summed E-state index contributed by atoms with van der Waals surface area (Å²) in [6.07, 6.45) is 4.62. The van der Waals surface area contributed by atoms with Crippen LogP contribution < -0.4 is 0 Å². The van der Waals surface area contributed by atoms with E-state index in [1.807, 2.05) is 32.3 Å². The van der Waals surface area contributed by atoms with Crippen LogP contribution in [0, 0.1) is 16.7 Å². The minimum absolute atomic E-state index is 0.248. The largest absolute Gasteiger partial charge is 0.367 e. The number of nitrogens with zero attached hydrogens (tertiary/aromatic N) is 1. The third kappa shape index (κ3) is 2.12. The second kappa shape index (κ2) is 2.79. The molecule has 0 radical (unpaired) electrons. The van der Waals surface area contributed by atoms with Gasteiger partial charge in [-0.3, -0.25) is 0 Å². The molecule has 0 unspecified atom stereocenters. The average Bonchev–Trinajstić information content (AvgIpc) is 2.39. The maximum atomic E-state index is 8.73. The minimum atomic E-state index is -0.248. The second-order valence-electron chi connectivity index (χ2n) is 3.39. The molecule has 0 aliphatic heterocycles. The third-order valence-electron chi connectivity index (χ3n) is 1.61. The molecule has 0 atom stereocenters. The summed E-state index contributed by atoms with van der Waals surface area (Å²) >= 11 is 0. The van der Waals surface area contributed by atoms with Crippen molar-refractivity contribution in [3.05, 3.63) is 24.0 Å². The fraction of sp³-hybridized carbons (Fsp3) is 0.444. The van der Waals surface area contributed by atoms with E-state index in [2.05, 4.69) is 11.1 Å². The molecule has 0 bridgehead atoms. The molecule has 0 aromatic carbocycles. The van der Waals surface area contributed by atoms with Gasteiger partial charge >= 0.3 is 0 Å². The van der Waals surface area contributed by atoms with E-state index in [0.717, 1.165) is 6.42 Å². The molecule has 1 heterocycles. The van der Waals surface area contributed by atoms with Crippen LogP contribution in [0.15, 0.2) is 18.5 Å². The minimum Gasteiger partial charge on any atom is -0.367 e. The Kier molecular flexibility index (Phi) is 2.00. The summed E-state index contributed by atoms with van der Waals surface area (Å²) < 4.78 is 0. The summed E-state index contributed by atoms with van der Waals surface area (Å²) in [5, 5.41) is 8.73. The molecule has 58 valence electrons. The van der Waals surface area contributed by atoms with Gasteiger partial charge in [-0.2, -0.15) is 5.26 Å². The summed E-state index contributed by atoms with van der Waals surface area (Å²) in [6, 6.07) is 4.26. The summed E-state index contributed by atoms with van der Waals surface area (Å²) in [6.45, 7) is 3.89. The van der Waals surface area contributed by atoms with Crippen molar-refractivity contribution >= 4 is 0 Å². The van der Waals surface area contributed by atoms with E-state index < -0.39 is 0 Å². The summed E-state index contributed by atoms with van der Waals surface area (Å²) in [5.74, 6) is 0. The van der Waals surface area contributed by atoms with Crippen molar-refractivity contribution in [1.82, 2.24) is 4.98 Å². The van der Waals surface area contributed by atoms with Crippen LogP contribution in [-0.2, 0) is 6.42 Å². The van der Waals surface area contributed by atoms with Gasteiger partial charge in [-0.1, -0.05) is 0 Å². The number of nitriles is 1. The highest BCUT2D eigenvalue weighted by molar-refractivity contribution is 5.13. The van der Waals surface area contributed by atoms with Gasteiger partial charge in [-0.15, -0.1) is 0 Å². The quantitative estimate of drug-likeness (QED) is 0.685. The lowest BCUT2D eigenvalue weighted by atomic mass is 9.89. The Morgan fingerprint density at radius 1 is 1.64 bits per heavy atom. The van der Waals surface area contributed by atoms with Crippen LogP contribution in [0.4, 0.5) is 0 Å². The smallest absolute Gasteiger partial charge is 0.0687 e. The number of hydrogen-bond donors (Lipinski definition) is 1. The van der Waals surface area contributed by atoms with Gasteiger partial charge in [0, 0.05) is 12.4 Å². The molecule has 0 amide bonds. The second-order valence-corrected chi connectivity index (χ2v) is 3.39. The Hall–Kier alpha value is -1.23. The number of aromatic nitrogens is 1. The van der Waals surface area contributed by atoms with Gasteiger partial charge < -0.3 is 4.98 Å². The van der Waals surface area contributed by atoms with Gasteiger partial charge in [-0.25, -0.2) is 0 Å². The topological polar surface area (TPSA) is 39.6 Å². The fourth-order valence-electron chi connectivity index (χ4n) is 1.02. The normalized spacial score (nSPS) is 11.0. The average molecular weight is 148 g/mol. The van der Waals surface area contributed by atoms with Crippen molar-refractivity contribution in [2.75, 3.05) is 0 Å². The van der Waals surface area contributed by atoms with Crippen molar-refractivity contribution in [1.29, 1.82) is 5.26 Å². The Morgan fingerprint density at radius 2 is 2.36 bits per heavy atom. The van der Waals surface area contributed by atoms with E-state index in [0.29, 0.717) is 0 Å². The molecule has 0 spiro atoms. The molecule has 0 aliphatic carbocycles. The number of H-pyrrole nitrogens is 1. The summed E-state index contributed by atoms with van der Waals surface area (Å²) in [7, 11) is 0. The van der Waals surface area contributed by atoms with Gasteiger partial charge in [0.05, 0.1) is 11.5 Å². The van der Waals surface area contributed by atoms with Crippen molar-refractivity contribution < 1.29 is 0 Å². The van der Waals surface area contributed by atoms with Crippen LogP contribution in [0.3, 0.4) is 0 Å². The lowest BCUT2D eigenvalue weighted by Crippen LogP contribution is -2.10. The van der Waals surface area contributed by atoms with Gasteiger partial charge in [0.1, 0.15) is 0 Å². The monoisotopic (exact) mass is 148 g/mol. The van der Waals surface area contributed by atoms with Crippen molar-refractivity contribution in [3.8, 4) is 6.07 Å². The SMILES string of the molecule is CC(C)(C#N)Cc1cc[nH]c1. The van der Waals surface area contributed by atoms with Crippen molar-refractivity contribution in [2.24, 2.45) is 5.41 Å². The van der Waals surface area contributed by atoms with E-state index >= 15 is 0 Å². The van der Waals surface area contributed by atoms with E-state index in [1.165, 1.54) is 5.56 Å². The molecular weight excluding hydrogens is 136 g/mol. The molecule has 0 saturated carbocycles. The van der Waals surface area contributed by atoms with E-state index in [-0.39, 0.29) is 5.41 Å². The van der Waals surface area contributed by atoms with Crippen LogP contribution in [0.2, 0.25) is 0 Å². The Morgan fingerprint density at radius 3 is 2.82 bits per heavy atom. The van der Waals surface area contributed by atoms with Crippen LogP contribution in [0.5, 0.6) is 0 Å². The summed E-state index contributed by atoms with van der Waals surface area (Å²) in [5.41, 5.74) is 0.943. The first-order valence-electron chi connectivity index (χ1n) is 3.67. The van der Waals surface area contributed by atoms with Gasteiger partial charge in [0.25, 0.3) is 0 Å². The van der Waals surface area contributed by atoms with Crippen molar-refractivity contribution in [2.45, 2.75) is 20.3 Å². The predicted molar refractivity (Wildman–Crippen MR) is 43.9 cm³/mol. The van der Waals surface area contributed by atoms with Crippen LogP contribution in [0.1, 0.15) is 19.4 Å². The zero-order valence-electron chi connectivity index (χ0n) is 6.89. The molecule has 0 saturated heterocycles. The highest BCUT2D eigenvalue weighted by atomic mass is 14.6. The highest BCUT2D eigenvalue weighted by Gasteiger charge is 2.16. The van der Waals surface area contributed by atoms with Gasteiger partial charge in [0.15, 0.2) is 0 Å². The molecular formula is C9H12N2.